The zero-order valence-electron chi connectivity index (χ0n) is 21.4. The Kier molecular flexibility index (Phi) is 8.69. The van der Waals surface area contributed by atoms with E-state index in [0.29, 0.717) is 31.1 Å². The van der Waals surface area contributed by atoms with E-state index >= 15 is 0 Å². The van der Waals surface area contributed by atoms with E-state index in [0.717, 1.165) is 29.0 Å². The van der Waals surface area contributed by atoms with Gasteiger partial charge in [0.2, 0.25) is 0 Å². The number of benzene rings is 1. The summed E-state index contributed by atoms with van der Waals surface area (Å²) in [7, 11) is 1.74. The minimum absolute atomic E-state index is 0.0248. The molecule has 0 aliphatic carbocycles. The molecular formula is C26H36N4O5. The topological polar surface area (TPSA) is 108 Å². The number of hydrogen-bond donors (Lipinski definition) is 2. The highest BCUT2D eigenvalue weighted by molar-refractivity contribution is 5.82. The number of aryl methyl sites for hydroxylation is 3. The maximum atomic E-state index is 12.2. The summed E-state index contributed by atoms with van der Waals surface area (Å²) in [4.78, 5) is 29.1. The van der Waals surface area contributed by atoms with Crippen LogP contribution in [0.5, 0.6) is 5.75 Å². The molecule has 0 bridgehead atoms. The molecule has 0 aliphatic rings. The predicted octanol–water partition coefficient (Wildman–Crippen LogP) is 2.65. The lowest BCUT2D eigenvalue weighted by atomic mass is 10.2. The van der Waals surface area contributed by atoms with Crippen molar-refractivity contribution >= 4 is 17.0 Å². The van der Waals surface area contributed by atoms with Gasteiger partial charge in [0.25, 0.3) is 5.56 Å². The van der Waals surface area contributed by atoms with Gasteiger partial charge in [-0.25, -0.2) is 4.98 Å². The molecule has 35 heavy (non-hydrogen) atoms. The summed E-state index contributed by atoms with van der Waals surface area (Å²) in [6.45, 7) is 11.0. The average Bonchev–Trinajstić information content (AvgIpc) is 3.18. The van der Waals surface area contributed by atoms with Gasteiger partial charge >= 0.3 is 5.97 Å². The van der Waals surface area contributed by atoms with Crippen molar-refractivity contribution in [3.05, 3.63) is 46.4 Å². The second-order valence-corrected chi connectivity index (χ2v) is 9.20. The monoisotopic (exact) mass is 484 g/mol. The Hall–Kier alpha value is -3.17. The van der Waals surface area contributed by atoms with E-state index in [4.69, 9.17) is 14.5 Å². The quantitative estimate of drug-likeness (QED) is 0.318. The lowest BCUT2D eigenvalue weighted by Crippen LogP contribution is -2.47. The third kappa shape index (κ3) is 6.29. The first kappa shape index (κ1) is 26.4. The van der Waals surface area contributed by atoms with Gasteiger partial charge in [0.1, 0.15) is 24.2 Å². The number of carbonyl (C=O) groups is 1. The van der Waals surface area contributed by atoms with Gasteiger partial charge in [0.15, 0.2) is 0 Å². The number of nitrogens with zero attached hydrogens (tertiary/aromatic N) is 3. The third-order valence-corrected chi connectivity index (χ3v) is 5.69. The van der Waals surface area contributed by atoms with E-state index in [1.165, 1.54) is 0 Å². The number of pyridine rings is 1. The Morgan fingerprint density at radius 1 is 1.23 bits per heavy atom. The molecule has 2 aromatic heterocycles. The summed E-state index contributed by atoms with van der Waals surface area (Å²) in [5, 5.41) is 13.0. The minimum Gasteiger partial charge on any atom is -0.492 e. The number of aromatic nitrogens is 3. The predicted molar refractivity (Wildman–Crippen MR) is 136 cm³/mol. The molecule has 0 spiro atoms. The number of aliphatic hydroxyl groups is 1. The Bertz CT molecular complexity index is 1200. The SMILES string of the molecule is CCn1c(-c2cc(C)c(=O)n(C)c2)nc2cc(OCCNC(C(=O)OCC(C)C)C(C)O)ccc21. The Morgan fingerprint density at radius 3 is 2.60 bits per heavy atom. The van der Waals surface area contributed by atoms with Crippen molar-refractivity contribution in [1.82, 2.24) is 19.4 Å². The van der Waals surface area contributed by atoms with E-state index < -0.39 is 18.1 Å². The molecule has 2 atom stereocenters. The fraction of sp³-hybridized carbons (Fsp3) is 0.500. The molecule has 3 aromatic rings. The second kappa shape index (κ2) is 11.5. The molecule has 0 aliphatic heterocycles. The van der Waals surface area contributed by atoms with Crippen molar-refractivity contribution < 1.29 is 19.4 Å². The van der Waals surface area contributed by atoms with Gasteiger partial charge in [-0.15, -0.1) is 0 Å². The first-order chi connectivity index (χ1) is 16.6. The van der Waals surface area contributed by atoms with Crippen LogP contribution in [-0.2, 0) is 23.1 Å². The van der Waals surface area contributed by atoms with E-state index in [2.05, 4.69) is 16.8 Å². The number of nitrogens with one attached hydrogen (secondary N) is 1. The van der Waals surface area contributed by atoms with Gasteiger partial charge < -0.3 is 23.7 Å². The Morgan fingerprint density at radius 2 is 1.97 bits per heavy atom. The van der Waals surface area contributed by atoms with E-state index in [1.807, 2.05) is 38.1 Å². The summed E-state index contributed by atoms with van der Waals surface area (Å²) in [5.41, 5.74) is 3.28. The fourth-order valence-corrected chi connectivity index (χ4v) is 3.91. The zero-order valence-corrected chi connectivity index (χ0v) is 21.4. The normalized spacial score (nSPS) is 13.3. The Balaban J connectivity index is 1.70. The zero-order chi connectivity index (χ0) is 25.7. The number of rotatable bonds is 11. The molecule has 9 nitrogen and oxygen atoms in total. The van der Waals surface area contributed by atoms with Crippen LogP contribution in [0.25, 0.3) is 22.4 Å². The Labute approximate surface area is 205 Å². The number of fused-ring (bicyclic) bond motifs is 1. The molecule has 0 amide bonds. The highest BCUT2D eigenvalue weighted by atomic mass is 16.5. The maximum Gasteiger partial charge on any atom is 0.325 e. The minimum atomic E-state index is -0.886. The summed E-state index contributed by atoms with van der Waals surface area (Å²) in [5.74, 6) is 1.20. The van der Waals surface area contributed by atoms with Crippen molar-refractivity contribution in [3.8, 4) is 17.1 Å². The highest BCUT2D eigenvalue weighted by Gasteiger charge is 2.24. The van der Waals surface area contributed by atoms with Crippen molar-refractivity contribution in [2.45, 2.75) is 53.3 Å². The molecule has 0 saturated heterocycles. The smallest absolute Gasteiger partial charge is 0.325 e. The second-order valence-electron chi connectivity index (χ2n) is 9.20. The van der Waals surface area contributed by atoms with E-state index in [-0.39, 0.29) is 11.5 Å². The number of carbonyl (C=O) groups excluding carboxylic acids is 1. The fourth-order valence-electron chi connectivity index (χ4n) is 3.91. The first-order valence-corrected chi connectivity index (χ1v) is 12.0. The number of imidazole rings is 1. The van der Waals surface area contributed by atoms with E-state index in [1.54, 1.807) is 31.7 Å². The van der Waals surface area contributed by atoms with Crippen molar-refractivity contribution in [1.29, 1.82) is 0 Å². The molecule has 9 heteroatoms. The van der Waals surface area contributed by atoms with Gasteiger partial charge in [0.05, 0.1) is 23.7 Å². The van der Waals surface area contributed by atoms with Gasteiger partial charge in [-0.05, 0) is 44.9 Å². The van der Waals surface area contributed by atoms with Gasteiger partial charge in [-0.1, -0.05) is 13.8 Å². The molecule has 3 rings (SSSR count). The third-order valence-electron chi connectivity index (χ3n) is 5.69. The van der Waals surface area contributed by atoms with Crippen LogP contribution in [0.2, 0.25) is 0 Å². The number of ether oxygens (including phenoxy) is 2. The lowest BCUT2D eigenvalue weighted by Gasteiger charge is -2.20. The lowest BCUT2D eigenvalue weighted by molar-refractivity contribution is -0.150. The van der Waals surface area contributed by atoms with Crippen LogP contribution in [-0.4, -0.2) is 57.1 Å². The molecule has 1 aromatic carbocycles. The summed E-state index contributed by atoms with van der Waals surface area (Å²) in [6.07, 6.45) is 0.917. The molecule has 2 heterocycles. The molecule has 2 unspecified atom stereocenters. The first-order valence-electron chi connectivity index (χ1n) is 12.0. The molecule has 190 valence electrons. The van der Waals surface area contributed by atoms with Crippen LogP contribution >= 0.6 is 0 Å². The molecular weight excluding hydrogens is 448 g/mol. The molecule has 0 radical (unpaired) electrons. The van der Waals surface area contributed by atoms with Crippen LogP contribution in [0.3, 0.4) is 0 Å². The maximum absolute atomic E-state index is 12.2. The van der Waals surface area contributed by atoms with Crippen LogP contribution in [0, 0.1) is 12.8 Å². The van der Waals surface area contributed by atoms with Crippen LogP contribution < -0.4 is 15.6 Å². The number of esters is 1. The van der Waals surface area contributed by atoms with Crippen molar-refractivity contribution in [2.24, 2.45) is 13.0 Å². The van der Waals surface area contributed by atoms with Crippen LogP contribution in [0.1, 0.15) is 33.3 Å². The summed E-state index contributed by atoms with van der Waals surface area (Å²) in [6, 6.07) is 6.78. The standard InChI is InChI=1S/C26H36N4O5/c1-7-30-22-9-8-20(34-11-10-27-23(18(5)31)26(33)35-15-16(2)3)13-21(22)28-24(30)19-12-17(4)25(32)29(6)14-19/h8-9,12-14,16,18,23,27,31H,7,10-11,15H2,1-6H3. The van der Waals surface area contributed by atoms with E-state index in [9.17, 15) is 14.7 Å². The molecule has 2 N–H and O–H groups in total. The summed E-state index contributed by atoms with van der Waals surface area (Å²) >= 11 is 0. The number of aliphatic hydroxyl groups excluding tert-OH is 1. The van der Waals surface area contributed by atoms with Crippen molar-refractivity contribution in [3.63, 3.8) is 0 Å². The highest BCUT2D eigenvalue weighted by Crippen LogP contribution is 2.27. The van der Waals surface area contributed by atoms with Crippen LogP contribution in [0.15, 0.2) is 35.3 Å². The average molecular weight is 485 g/mol. The molecule has 0 fully saturated rings. The number of hydrogen-bond acceptors (Lipinski definition) is 7. The largest absolute Gasteiger partial charge is 0.492 e. The molecule has 0 saturated carbocycles. The summed E-state index contributed by atoms with van der Waals surface area (Å²) < 4.78 is 14.8. The van der Waals surface area contributed by atoms with Gasteiger partial charge in [-0.2, -0.15) is 0 Å². The van der Waals surface area contributed by atoms with Crippen molar-refractivity contribution in [2.75, 3.05) is 19.8 Å². The van der Waals surface area contributed by atoms with Gasteiger partial charge in [-0.3, -0.25) is 14.9 Å². The van der Waals surface area contributed by atoms with Gasteiger partial charge in [0, 0.05) is 43.5 Å². The van der Waals surface area contributed by atoms with Crippen LogP contribution in [0.4, 0.5) is 0 Å².